The molecule has 0 bridgehead atoms. The number of anilines is 3. The fourth-order valence-corrected chi connectivity index (χ4v) is 7.73. The number of nitrogens with zero attached hydrogens (tertiary/aromatic N) is 1. The molecule has 0 aliphatic carbocycles. The molecule has 0 fully saturated rings. The van der Waals surface area contributed by atoms with Gasteiger partial charge in [-0.15, -0.1) is 0 Å². The van der Waals surface area contributed by atoms with Crippen LogP contribution in [0.25, 0.3) is 76.2 Å². The van der Waals surface area contributed by atoms with Crippen molar-refractivity contribution in [1.82, 2.24) is 0 Å². The molecule has 0 radical (unpaired) electrons. The van der Waals surface area contributed by atoms with Crippen molar-refractivity contribution in [2.75, 3.05) is 4.90 Å². The quantitative estimate of drug-likeness (QED) is 0.184. The SMILES string of the molecule is c1ccc(-c2ccccc2N(c2ccc3c4ccccc4c4c(ccc5oc6ccccc6c54)c3c2)c2cccc3ccccc23)cc1. The molecule has 10 rings (SSSR count). The van der Waals surface area contributed by atoms with Crippen molar-refractivity contribution in [3.8, 4) is 11.1 Å². The van der Waals surface area contributed by atoms with Gasteiger partial charge in [-0.2, -0.15) is 0 Å². The van der Waals surface area contributed by atoms with Gasteiger partial charge >= 0.3 is 0 Å². The molecule has 0 unspecified atom stereocenters. The minimum Gasteiger partial charge on any atom is -0.456 e. The Labute approximate surface area is 277 Å². The van der Waals surface area contributed by atoms with Gasteiger partial charge in [0.25, 0.3) is 0 Å². The van der Waals surface area contributed by atoms with Crippen molar-refractivity contribution >= 4 is 82.1 Å². The summed E-state index contributed by atoms with van der Waals surface area (Å²) >= 11 is 0. The van der Waals surface area contributed by atoms with Crippen LogP contribution in [-0.2, 0) is 0 Å². The number of rotatable bonds is 4. The summed E-state index contributed by atoms with van der Waals surface area (Å²) in [6, 6.07) is 63.3. The lowest BCUT2D eigenvalue weighted by molar-refractivity contribution is 0.669. The maximum atomic E-state index is 6.39. The van der Waals surface area contributed by atoms with E-state index in [0.29, 0.717) is 0 Å². The molecule has 10 aromatic rings. The normalized spacial score (nSPS) is 11.8. The Hall–Kier alpha value is -6.38. The van der Waals surface area contributed by atoms with E-state index in [0.717, 1.165) is 33.6 Å². The third kappa shape index (κ3) is 4.00. The molecule has 224 valence electrons. The van der Waals surface area contributed by atoms with Gasteiger partial charge in [-0.1, -0.05) is 133 Å². The molecule has 1 aromatic heterocycles. The van der Waals surface area contributed by atoms with Crippen LogP contribution in [0, 0.1) is 0 Å². The molecule has 0 aliphatic heterocycles. The van der Waals surface area contributed by atoms with Crippen LogP contribution in [0.3, 0.4) is 0 Å². The Balaban J connectivity index is 1.33. The summed E-state index contributed by atoms with van der Waals surface area (Å²) in [5.41, 5.74) is 7.58. The monoisotopic (exact) mass is 611 g/mol. The summed E-state index contributed by atoms with van der Waals surface area (Å²) in [5.74, 6) is 0. The van der Waals surface area contributed by atoms with Gasteiger partial charge in [0.15, 0.2) is 0 Å². The van der Waals surface area contributed by atoms with E-state index in [9.17, 15) is 0 Å². The minimum absolute atomic E-state index is 0.914. The molecule has 2 heteroatoms. The molecule has 1 heterocycles. The van der Waals surface area contributed by atoms with Crippen molar-refractivity contribution in [3.05, 3.63) is 176 Å². The van der Waals surface area contributed by atoms with Crippen molar-refractivity contribution in [2.24, 2.45) is 0 Å². The Kier molecular flexibility index (Phi) is 5.91. The molecular formula is C46H29NO. The lowest BCUT2D eigenvalue weighted by Crippen LogP contribution is -2.11. The third-order valence-electron chi connectivity index (χ3n) is 9.82. The molecule has 2 nitrogen and oxygen atoms in total. The lowest BCUT2D eigenvalue weighted by atomic mass is 9.91. The van der Waals surface area contributed by atoms with E-state index in [2.05, 4.69) is 175 Å². The van der Waals surface area contributed by atoms with E-state index < -0.39 is 0 Å². The van der Waals surface area contributed by atoms with Gasteiger partial charge in [-0.05, 0) is 80.3 Å². The first-order valence-corrected chi connectivity index (χ1v) is 16.4. The van der Waals surface area contributed by atoms with Gasteiger partial charge in [-0.3, -0.25) is 0 Å². The predicted molar refractivity (Wildman–Crippen MR) is 204 cm³/mol. The second kappa shape index (κ2) is 10.6. The summed E-state index contributed by atoms with van der Waals surface area (Å²) in [5, 5.41) is 12.1. The lowest BCUT2D eigenvalue weighted by Gasteiger charge is -2.29. The molecule has 0 spiro atoms. The van der Waals surface area contributed by atoms with Crippen molar-refractivity contribution in [2.45, 2.75) is 0 Å². The highest BCUT2D eigenvalue weighted by molar-refractivity contribution is 6.34. The number of furan rings is 1. The second-order valence-corrected chi connectivity index (χ2v) is 12.5. The van der Waals surface area contributed by atoms with E-state index in [1.807, 2.05) is 6.07 Å². The van der Waals surface area contributed by atoms with E-state index in [-0.39, 0.29) is 0 Å². The zero-order chi connectivity index (χ0) is 31.6. The first kappa shape index (κ1) is 26.8. The maximum Gasteiger partial charge on any atom is 0.136 e. The summed E-state index contributed by atoms with van der Waals surface area (Å²) in [4.78, 5) is 2.44. The molecule has 48 heavy (non-hydrogen) atoms. The summed E-state index contributed by atoms with van der Waals surface area (Å²) in [6.07, 6.45) is 0. The van der Waals surface area contributed by atoms with Crippen molar-refractivity contribution in [3.63, 3.8) is 0 Å². The zero-order valence-electron chi connectivity index (χ0n) is 26.1. The van der Waals surface area contributed by atoms with Gasteiger partial charge in [0.1, 0.15) is 11.2 Å². The van der Waals surface area contributed by atoms with Crippen LogP contribution in [0.1, 0.15) is 0 Å². The smallest absolute Gasteiger partial charge is 0.136 e. The predicted octanol–water partition coefficient (Wildman–Crippen LogP) is 13.3. The van der Waals surface area contributed by atoms with E-state index in [1.54, 1.807) is 0 Å². The van der Waals surface area contributed by atoms with Gasteiger partial charge in [0.05, 0.1) is 11.4 Å². The summed E-state index contributed by atoms with van der Waals surface area (Å²) in [7, 11) is 0. The van der Waals surface area contributed by atoms with Gasteiger partial charge in [-0.25, -0.2) is 0 Å². The molecular weight excluding hydrogens is 583 g/mol. The number of benzene rings is 9. The number of fused-ring (bicyclic) bond motifs is 11. The zero-order valence-corrected chi connectivity index (χ0v) is 26.1. The molecule has 0 aliphatic rings. The van der Waals surface area contributed by atoms with Crippen LogP contribution in [0.15, 0.2) is 180 Å². The summed E-state index contributed by atoms with van der Waals surface area (Å²) < 4.78 is 6.39. The van der Waals surface area contributed by atoms with Crippen molar-refractivity contribution < 1.29 is 4.42 Å². The molecule has 0 saturated carbocycles. The summed E-state index contributed by atoms with van der Waals surface area (Å²) in [6.45, 7) is 0. The highest BCUT2D eigenvalue weighted by atomic mass is 16.3. The van der Waals surface area contributed by atoms with E-state index in [4.69, 9.17) is 4.42 Å². The van der Waals surface area contributed by atoms with E-state index >= 15 is 0 Å². The second-order valence-electron chi connectivity index (χ2n) is 12.5. The average molecular weight is 612 g/mol. The van der Waals surface area contributed by atoms with Crippen LogP contribution in [0.4, 0.5) is 17.1 Å². The highest BCUT2D eigenvalue weighted by Gasteiger charge is 2.21. The molecule has 0 N–H and O–H groups in total. The minimum atomic E-state index is 0.914. The van der Waals surface area contributed by atoms with E-state index in [1.165, 1.54) is 59.6 Å². The Morgan fingerprint density at radius 2 is 0.979 bits per heavy atom. The van der Waals surface area contributed by atoms with Gasteiger partial charge in [0, 0.05) is 32.8 Å². The standard InChI is InChI=1S/C46H29NO/c1-2-13-30(14-3-1)33-18-8-10-22-41(33)47(42-23-12-16-31-15-4-5-17-34(31)42)32-25-26-36-35-19-6-7-20-37(35)45-38(40(36)29-32)27-28-44-46(45)39-21-9-11-24-43(39)48-44/h1-29H. The largest absolute Gasteiger partial charge is 0.456 e. The fourth-order valence-electron chi connectivity index (χ4n) is 7.73. The van der Waals surface area contributed by atoms with Crippen LogP contribution < -0.4 is 4.90 Å². The van der Waals surface area contributed by atoms with Gasteiger partial charge < -0.3 is 9.32 Å². The highest BCUT2D eigenvalue weighted by Crippen LogP contribution is 2.47. The molecule has 0 saturated heterocycles. The maximum absolute atomic E-state index is 6.39. The average Bonchev–Trinajstić information content (AvgIpc) is 3.54. The van der Waals surface area contributed by atoms with Crippen LogP contribution in [-0.4, -0.2) is 0 Å². The topological polar surface area (TPSA) is 16.4 Å². The molecule has 9 aromatic carbocycles. The van der Waals surface area contributed by atoms with Gasteiger partial charge in [0.2, 0.25) is 0 Å². The van der Waals surface area contributed by atoms with Crippen LogP contribution in [0.2, 0.25) is 0 Å². The molecule has 0 amide bonds. The fraction of sp³-hybridized carbons (Fsp3) is 0. The Morgan fingerprint density at radius 3 is 1.88 bits per heavy atom. The first-order valence-electron chi connectivity index (χ1n) is 16.4. The van der Waals surface area contributed by atoms with Crippen LogP contribution in [0.5, 0.6) is 0 Å². The first-order chi connectivity index (χ1) is 23.8. The number of hydrogen-bond donors (Lipinski definition) is 0. The third-order valence-corrected chi connectivity index (χ3v) is 9.82. The Bertz CT molecular complexity index is 2840. The van der Waals surface area contributed by atoms with Crippen LogP contribution >= 0.6 is 0 Å². The van der Waals surface area contributed by atoms with Crippen molar-refractivity contribution in [1.29, 1.82) is 0 Å². The Morgan fingerprint density at radius 1 is 0.354 bits per heavy atom. The molecule has 0 atom stereocenters. The number of para-hydroxylation sites is 2. The number of hydrogen-bond acceptors (Lipinski definition) is 2.